The maximum Gasteiger partial charge on any atom is 0.472 e. The van der Waals surface area contributed by atoms with Crippen LogP contribution in [0.15, 0.2) is 24.3 Å². The molecule has 0 heterocycles. The van der Waals surface area contributed by atoms with Gasteiger partial charge in [-0.3, -0.25) is 18.6 Å². The van der Waals surface area contributed by atoms with Gasteiger partial charge in [0, 0.05) is 12.8 Å². The van der Waals surface area contributed by atoms with Gasteiger partial charge >= 0.3 is 19.8 Å². The van der Waals surface area contributed by atoms with Crippen molar-refractivity contribution in [2.24, 2.45) is 0 Å². The summed E-state index contributed by atoms with van der Waals surface area (Å²) in [6.45, 7) is 5.45. The van der Waals surface area contributed by atoms with E-state index in [2.05, 4.69) is 38.2 Å². The highest BCUT2D eigenvalue weighted by Gasteiger charge is 2.25. The van der Waals surface area contributed by atoms with Crippen LogP contribution in [0.3, 0.4) is 0 Å². The van der Waals surface area contributed by atoms with Crippen LogP contribution in [0.1, 0.15) is 226 Å². The molecule has 54 heavy (non-hydrogen) atoms. The third kappa shape index (κ3) is 40.2. The van der Waals surface area contributed by atoms with Crippen LogP contribution in [0.25, 0.3) is 0 Å². The third-order valence-corrected chi connectivity index (χ3v) is 10.8. The molecule has 1 N–H and O–H groups in total. The fourth-order valence-electron chi connectivity index (χ4n) is 6.41. The normalized spacial score (nSPS) is 13.5. The highest BCUT2D eigenvalue weighted by Crippen LogP contribution is 2.43. The van der Waals surface area contributed by atoms with Crippen molar-refractivity contribution in [1.29, 1.82) is 0 Å². The lowest BCUT2D eigenvalue weighted by atomic mass is 10.0. The maximum atomic E-state index is 12.5. The SMILES string of the molecule is CCCC/C=C\C/C=C\CCCCCCCC(=O)OC(COC(=O)CCCCCCCCCCCCCCCCCCCCCC)COP(=O)(O)OCC. The Morgan fingerprint density at radius 3 is 1.37 bits per heavy atom. The molecule has 0 rings (SSSR count). The zero-order valence-corrected chi connectivity index (χ0v) is 36.3. The molecule has 2 unspecified atom stereocenters. The summed E-state index contributed by atoms with van der Waals surface area (Å²) in [4.78, 5) is 34.8. The standard InChI is InChI=1S/C45H85O8P/c1-4-7-9-11-13-15-17-19-21-22-23-24-25-26-28-29-31-33-35-37-39-44(46)50-41-43(42-52-54(48,49)51-6-3)53-45(47)40-38-36-34-32-30-27-20-18-16-14-12-10-8-5-2/h12,14,18,20,43H,4-11,13,15-17,19,21-42H2,1-3H3,(H,48,49)/b14-12-,20-18-. The van der Waals surface area contributed by atoms with Crippen molar-refractivity contribution in [3.05, 3.63) is 24.3 Å². The Balaban J connectivity index is 4.00. The summed E-state index contributed by atoms with van der Waals surface area (Å²) in [5, 5.41) is 0. The molecule has 0 spiro atoms. The monoisotopic (exact) mass is 785 g/mol. The number of hydrogen-bond donors (Lipinski definition) is 1. The first-order valence-electron chi connectivity index (χ1n) is 22.6. The number of esters is 2. The van der Waals surface area contributed by atoms with E-state index in [-0.39, 0.29) is 25.6 Å². The summed E-state index contributed by atoms with van der Waals surface area (Å²) in [6.07, 6.45) is 45.2. The minimum atomic E-state index is -4.28. The molecule has 9 heteroatoms. The third-order valence-electron chi connectivity index (χ3n) is 9.76. The first-order chi connectivity index (χ1) is 26.3. The average molecular weight is 785 g/mol. The van der Waals surface area contributed by atoms with Crippen molar-refractivity contribution >= 4 is 19.8 Å². The van der Waals surface area contributed by atoms with Gasteiger partial charge < -0.3 is 14.4 Å². The van der Waals surface area contributed by atoms with Crippen molar-refractivity contribution in [3.8, 4) is 0 Å². The lowest BCUT2D eigenvalue weighted by Gasteiger charge is -2.19. The summed E-state index contributed by atoms with van der Waals surface area (Å²) in [6, 6.07) is 0. The molecule has 0 saturated heterocycles. The molecule has 318 valence electrons. The molecule has 0 aromatic carbocycles. The molecule has 0 aromatic heterocycles. The Bertz CT molecular complexity index is 937. The first-order valence-corrected chi connectivity index (χ1v) is 24.1. The van der Waals surface area contributed by atoms with Gasteiger partial charge in [-0.25, -0.2) is 4.57 Å². The van der Waals surface area contributed by atoms with E-state index in [1.165, 1.54) is 122 Å². The second-order valence-electron chi connectivity index (χ2n) is 15.1. The average Bonchev–Trinajstić information content (AvgIpc) is 3.15. The van der Waals surface area contributed by atoms with E-state index in [1.807, 2.05) is 0 Å². The molecular formula is C45H85O8P. The van der Waals surface area contributed by atoms with Gasteiger partial charge in [-0.15, -0.1) is 0 Å². The lowest BCUT2D eigenvalue weighted by molar-refractivity contribution is -0.161. The van der Waals surface area contributed by atoms with Gasteiger partial charge in [0.15, 0.2) is 6.10 Å². The predicted octanol–water partition coefficient (Wildman–Crippen LogP) is 14.2. The van der Waals surface area contributed by atoms with Crippen molar-refractivity contribution in [2.45, 2.75) is 232 Å². The lowest BCUT2D eigenvalue weighted by Crippen LogP contribution is -2.29. The van der Waals surface area contributed by atoms with Crippen LogP contribution >= 0.6 is 7.82 Å². The van der Waals surface area contributed by atoms with Crippen LogP contribution in [0, 0.1) is 0 Å². The summed E-state index contributed by atoms with van der Waals surface area (Å²) in [5.41, 5.74) is 0. The van der Waals surface area contributed by atoms with E-state index < -0.39 is 26.5 Å². The highest BCUT2D eigenvalue weighted by atomic mass is 31.2. The minimum absolute atomic E-state index is 0.000546. The summed E-state index contributed by atoms with van der Waals surface area (Å²) < 4.78 is 32.7. The van der Waals surface area contributed by atoms with Crippen molar-refractivity contribution in [3.63, 3.8) is 0 Å². The van der Waals surface area contributed by atoms with Gasteiger partial charge in [0.05, 0.1) is 13.2 Å². The summed E-state index contributed by atoms with van der Waals surface area (Å²) in [5.74, 6) is -0.804. The Labute approximate surface area is 333 Å². The van der Waals surface area contributed by atoms with Crippen LogP contribution < -0.4 is 0 Å². The molecule has 8 nitrogen and oxygen atoms in total. The zero-order chi connectivity index (χ0) is 39.6. The van der Waals surface area contributed by atoms with Crippen molar-refractivity contribution in [1.82, 2.24) is 0 Å². The first kappa shape index (κ1) is 52.5. The molecule has 0 aliphatic carbocycles. The fraction of sp³-hybridized carbons (Fsp3) is 0.867. The van der Waals surface area contributed by atoms with Gasteiger partial charge in [-0.05, 0) is 45.4 Å². The van der Waals surface area contributed by atoms with Crippen molar-refractivity contribution < 1.29 is 37.6 Å². The van der Waals surface area contributed by atoms with Gasteiger partial charge in [0.1, 0.15) is 6.61 Å². The topological polar surface area (TPSA) is 108 Å². The largest absolute Gasteiger partial charge is 0.472 e. The summed E-state index contributed by atoms with van der Waals surface area (Å²) >= 11 is 0. The zero-order valence-electron chi connectivity index (χ0n) is 35.4. The molecular weight excluding hydrogens is 699 g/mol. The van der Waals surface area contributed by atoms with Crippen molar-refractivity contribution in [2.75, 3.05) is 19.8 Å². The predicted molar refractivity (Wildman–Crippen MR) is 226 cm³/mol. The molecule has 0 amide bonds. The summed E-state index contributed by atoms with van der Waals surface area (Å²) in [7, 11) is -4.28. The number of unbranched alkanes of at least 4 members (excludes halogenated alkanes) is 26. The fourth-order valence-corrected chi connectivity index (χ4v) is 7.17. The molecule has 2 atom stereocenters. The Morgan fingerprint density at radius 1 is 0.500 bits per heavy atom. The van der Waals surface area contributed by atoms with Crippen LogP contribution in [-0.2, 0) is 32.7 Å². The number of phosphoric ester groups is 1. The molecule has 0 aliphatic heterocycles. The maximum absolute atomic E-state index is 12.5. The molecule has 0 fully saturated rings. The number of phosphoric acid groups is 1. The smallest absolute Gasteiger partial charge is 0.462 e. The van der Waals surface area contributed by atoms with Gasteiger partial charge in [-0.2, -0.15) is 0 Å². The van der Waals surface area contributed by atoms with Crippen LogP contribution in [0.5, 0.6) is 0 Å². The minimum Gasteiger partial charge on any atom is -0.462 e. The second kappa shape index (κ2) is 41.2. The molecule has 0 saturated carbocycles. The van der Waals surface area contributed by atoms with Gasteiger partial charge in [0.25, 0.3) is 0 Å². The van der Waals surface area contributed by atoms with Crippen LogP contribution in [0.4, 0.5) is 0 Å². The Hall–Kier alpha value is -1.47. The highest BCUT2D eigenvalue weighted by molar-refractivity contribution is 7.47. The molecule has 0 radical (unpaired) electrons. The molecule has 0 bridgehead atoms. The van der Waals surface area contributed by atoms with E-state index in [1.54, 1.807) is 6.92 Å². The van der Waals surface area contributed by atoms with Gasteiger partial charge in [0.2, 0.25) is 0 Å². The van der Waals surface area contributed by atoms with Gasteiger partial charge in [-0.1, -0.05) is 192 Å². The molecule has 0 aromatic rings. The Kier molecular flexibility index (Phi) is 40.1. The van der Waals surface area contributed by atoms with Crippen LogP contribution in [-0.4, -0.2) is 42.8 Å². The van der Waals surface area contributed by atoms with E-state index in [9.17, 15) is 19.0 Å². The second-order valence-corrected chi connectivity index (χ2v) is 16.5. The van der Waals surface area contributed by atoms with E-state index in [0.717, 1.165) is 64.2 Å². The number of hydrogen-bond acceptors (Lipinski definition) is 7. The Morgan fingerprint density at radius 2 is 0.907 bits per heavy atom. The van der Waals surface area contributed by atoms with E-state index >= 15 is 0 Å². The number of rotatable bonds is 42. The van der Waals surface area contributed by atoms with Crippen LogP contribution in [0.2, 0.25) is 0 Å². The van der Waals surface area contributed by atoms with E-state index in [0.29, 0.717) is 12.8 Å². The van der Waals surface area contributed by atoms with E-state index in [4.69, 9.17) is 18.5 Å². The molecule has 0 aliphatic rings. The number of carbonyl (C=O) groups is 2. The number of carbonyl (C=O) groups excluding carboxylic acids is 2. The number of ether oxygens (including phenoxy) is 2. The number of allylic oxidation sites excluding steroid dienone is 4. The quantitative estimate of drug-likeness (QED) is 0.0282.